The van der Waals surface area contributed by atoms with Gasteiger partial charge in [0.05, 0.1) is 5.92 Å². The summed E-state index contributed by atoms with van der Waals surface area (Å²) in [6.07, 6.45) is 8.52. The minimum atomic E-state index is -1.66. The largest absolute Gasteiger partial charge is 0.459 e. The Bertz CT molecular complexity index is 1530. The molecule has 3 heterocycles. The summed E-state index contributed by atoms with van der Waals surface area (Å²) in [4.78, 5) is 31.2. The molecule has 7 heteroatoms. The number of nitrogens with one attached hydrogen (secondary N) is 1. The fourth-order valence-electron chi connectivity index (χ4n) is 10.3. The van der Waals surface area contributed by atoms with Gasteiger partial charge in [-0.2, -0.15) is 0 Å². The molecule has 0 amide bonds. The van der Waals surface area contributed by atoms with Crippen molar-refractivity contribution in [2.24, 2.45) is 17.3 Å². The van der Waals surface area contributed by atoms with Crippen LogP contribution in [0.3, 0.4) is 0 Å². The minimum Gasteiger partial charge on any atom is -0.459 e. The van der Waals surface area contributed by atoms with Gasteiger partial charge in [0.25, 0.3) is 0 Å². The minimum absolute atomic E-state index is 0.155. The zero-order valence-corrected chi connectivity index (χ0v) is 25.3. The standard InChI is InChI=1S/C35H43NO6/c1-31(2)29-25(37)19-26-34(41-29,42-31)16-15-32(3)33(4)21(17-23-22-13-9-10-14-24(22)36-28(23)33)18-27(35(26,32)39)40-30(38)20-11-7-5-6-8-12-20/h9-10,13-14,19-21,27,29,36,39H,5-8,11-12,15-18H2,1-4H3/t21-,27+,29+,32-,33-,34+,35+/m1/s1. The third-order valence-electron chi connectivity index (χ3n) is 12.7. The van der Waals surface area contributed by atoms with Gasteiger partial charge in [-0.05, 0) is 69.6 Å². The molecule has 224 valence electrons. The molecule has 6 aliphatic rings. The summed E-state index contributed by atoms with van der Waals surface area (Å²) in [5, 5.41) is 14.7. The summed E-state index contributed by atoms with van der Waals surface area (Å²) in [5.41, 5.74) is 0.280. The zero-order chi connectivity index (χ0) is 29.3. The number of para-hydroxylation sites is 1. The highest BCUT2D eigenvalue weighted by molar-refractivity contribution is 5.97. The lowest BCUT2D eigenvalue weighted by molar-refractivity contribution is -0.278. The molecular weight excluding hydrogens is 530 g/mol. The molecule has 4 aliphatic carbocycles. The highest BCUT2D eigenvalue weighted by atomic mass is 16.8. The van der Waals surface area contributed by atoms with Gasteiger partial charge in [0.2, 0.25) is 0 Å². The van der Waals surface area contributed by atoms with Crippen LogP contribution in [0.5, 0.6) is 0 Å². The summed E-state index contributed by atoms with van der Waals surface area (Å²) in [6, 6.07) is 8.41. The van der Waals surface area contributed by atoms with Crippen LogP contribution in [0.2, 0.25) is 0 Å². The van der Waals surface area contributed by atoms with Crippen molar-refractivity contribution < 1.29 is 28.9 Å². The number of hydrogen-bond acceptors (Lipinski definition) is 6. The second kappa shape index (κ2) is 8.58. The van der Waals surface area contributed by atoms with E-state index in [2.05, 4.69) is 37.0 Å². The van der Waals surface area contributed by atoms with Crippen molar-refractivity contribution in [2.75, 3.05) is 0 Å². The quantitative estimate of drug-likeness (QED) is 0.347. The SMILES string of the molecule is CC1(C)O[C@@]23CC[C@]4(C)[C@@]5(C)c6[nH]c7ccccc7c6C[C@@H]5C[C@H](OC(=O)C5CCCCCC5)[C@@]4(O)C2=CC(=O)[C@@H]1O3. The van der Waals surface area contributed by atoms with Crippen LogP contribution in [0.15, 0.2) is 35.9 Å². The predicted octanol–water partition coefficient (Wildman–Crippen LogP) is 5.81. The molecule has 42 heavy (non-hydrogen) atoms. The average molecular weight is 574 g/mol. The highest BCUT2D eigenvalue weighted by Gasteiger charge is 2.78. The van der Waals surface area contributed by atoms with Crippen molar-refractivity contribution in [3.05, 3.63) is 47.2 Å². The van der Waals surface area contributed by atoms with Crippen molar-refractivity contribution in [3.8, 4) is 0 Å². The number of aliphatic hydroxyl groups is 1. The molecule has 3 saturated carbocycles. The van der Waals surface area contributed by atoms with Crippen LogP contribution in [-0.2, 0) is 35.6 Å². The molecule has 1 aromatic carbocycles. The number of ketones is 1. The second-order valence-corrected chi connectivity index (χ2v) is 15.0. The number of hydrogen-bond donors (Lipinski definition) is 2. The fraction of sp³-hybridized carbons (Fsp3) is 0.657. The molecule has 2 bridgehead atoms. The van der Waals surface area contributed by atoms with Gasteiger partial charge < -0.3 is 24.3 Å². The maximum Gasteiger partial charge on any atom is 0.309 e. The second-order valence-electron chi connectivity index (χ2n) is 15.0. The number of fused-ring (bicyclic) bond motifs is 9. The van der Waals surface area contributed by atoms with Crippen molar-refractivity contribution in [3.63, 3.8) is 0 Å². The van der Waals surface area contributed by atoms with Gasteiger partial charge in [0, 0.05) is 39.4 Å². The molecule has 1 spiro atoms. The number of aromatic amines is 1. The van der Waals surface area contributed by atoms with Crippen LogP contribution >= 0.6 is 0 Å². The van der Waals surface area contributed by atoms with E-state index in [0.717, 1.165) is 56.2 Å². The Kier molecular flexibility index (Phi) is 5.53. The van der Waals surface area contributed by atoms with Crippen molar-refractivity contribution in [1.82, 2.24) is 4.98 Å². The molecule has 7 atom stereocenters. The summed E-state index contributed by atoms with van der Waals surface area (Å²) >= 11 is 0. The Labute approximate surface area is 247 Å². The maximum atomic E-state index is 13.9. The molecule has 2 N–H and O–H groups in total. The van der Waals surface area contributed by atoms with E-state index in [-0.39, 0.29) is 23.6 Å². The first kappa shape index (κ1) is 27.1. The Morgan fingerprint density at radius 3 is 2.55 bits per heavy atom. The summed E-state index contributed by atoms with van der Waals surface area (Å²) in [7, 11) is 0. The van der Waals surface area contributed by atoms with Gasteiger partial charge in [-0.15, -0.1) is 0 Å². The van der Waals surface area contributed by atoms with E-state index in [9.17, 15) is 14.7 Å². The van der Waals surface area contributed by atoms with Crippen molar-refractivity contribution >= 4 is 22.7 Å². The first-order valence-electron chi connectivity index (χ1n) is 16.1. The number of H-pyrrole nitrogens is 1. The third kappa shape index (κ3) is 3.18. The Hall–Kier alpha value is -2.48. The molecule has 4 fully saturated rings. The van der Waals surface area contributed by atoms with E-state index < -0.39 is 40.0 Å². The lowest BCUT2D eigenvalue weighted by Gasteiger charge is -2.67. The maximum absolute atomic E-state index is 13.9. The van der Waals surface area contributed by atoms with Crippen LogP contribution in [0, 0.1) is 17.3 Å². The lowest BCUT2D eigenvalue weighted by atomic mass is 9.41. The van der Waals surface area contributed by atoms with Crippen molar-refractivity contribution in [2.45, 2.75) is 127 Å². The lowest BCUT2D eigenvalue weighted by Crippen LogP contribution is -2.75. The van der Waals surface area contributed by atoms with E-state index >= 15 is 0 Å². The van der Waals surface area contributed by atoms with E-state index in [4.69, 9.17) is 14.2 Å². The molecule has 8 rings (SSSR count). The molecule has 7 nitrogen and oxygen atoms in total. The van der Waals surface area contributed by atoms with Gasteiger partial charge in [-0.25, -0.2) is 0 Å². The number of carbonyl (C=O) groups is 2. The van der Waals surface area contributed by atoms with E-state index in [1.54, 1.807) is 6.08 Å². The molecule has 0 radical (unpaired) electrons. The fourth-order valence-corrected chi connectivity index (χ4v) is 10.3. The van der Waals surface area contributed by atoms with Crippen LogP contribution < -0.4 is 0 Å². The first-order valence-corrected chi connectivity index (χ1v) is 16.1. The number of benzene rings is 1. The van der Waals surface area contributed by atoms with E-state index in [1.165, 1.54) is 10.9 Å². The molecule has 0 unspecified atom stereocenters. The van der Waals surface area contributed by atoms with Crippen LogP contribution in [0.1, 0.15) is 96.7 Å². The summed E-state index contributed by atoms with van der Waals surface area (Å²) < 4.78 is 19.6. The topological polar surface area (TPSA) is 97.9 Å². The number of ether oxygens (including phenoxy) is 3. The number of rotatable bonds is 2. The van der Waals surface area contributed by atoms with Crippen molar-refractivity contribution in [1.29, 1.82) is 0 Å². The van der Waals surface area contributed by atoms with E-state index in [0.29, 0.717) is 24.8 Å². The number of aromatic nitrogens is 1. The Morgan fingerprint density at radius 1 is 1.05 bits per heavy atom. The summed E-state index contributed by atoms with van der Waals surface area (Å²) in [6.45, 7) is 8.19. The normalized spacial score (nSPS) is 42.3. The van der Waals surface area contributed by atoms with E-state index in [1.807, 2.05) is 19.9 Å². The Morgan fingerprint density at radius 2 is 1.79 bits per heavy atom. The first-order chi connectivity index (χ1) is 19.9. The van der Waals surface area contributed by atoms with Crippen LogP contribution in [0.25, 0.3) is 10.9 Å². The Balaban J connectivity index is 1.29. The monoisotopic (exact) mass is 573 g/mol. The average Bonchev–Trinajstić information content (AvgIpc) is 3.41. The zero-order valence-electron chi connectivity index (χ0n) is 25.3. The van der Waals surface area contributed by atoms with Gasteiger partial charge >= 0.3 is 5.97 Å². The smallest absolute Gasteiger partial charge is 0.309 e. The number of esters is 1. The molecule has 1 aromatic heterocycles. The van der Waals surface area contributed by atoms with Gasteiger partial charge in [0.15, 0.2) is 17.7 Å². The third-order valence-corrected chi connectivity index (χ3v) is 12.7. The van der Waals surface area contributed by atoms with Gasteiger partial charge in [0.1, 0.15) is 17.3 Å². The molecule has 1 saturated heterocycles. The molecule has 2 aromatic rings. The number of carbonyl (C=O) groups excluding carboxylic acids is 2. The summed E-state index contributed by atoms with van der Waals surface area (Å²) in [5.74, 6) is -1.62. The molecular formula is C35H43NO6. The predicted molar refractivity (Wildman–Crippen MR) is 157 cm³/mol. The van der Waals surface area contributed by atoms with Crippen LogP contribution in [-0.4, -0.2) is 51.0 Å². The van der Waals surface area contributed by atoms with Crippen LogP contribution in [0.4, 0.5) is 0 Å². The van der Waals surface area contributed by atoms with Gasteiger partial charge in [-0.3, -0.25) is 9.59 Å². The van der Waals surface area contributed by atoms with Gasteiger partial charge in [-0.1, -0.05) is 57.7 Å². The molecule has 2 aliphatic heterocycles. The highest BCUT2D eigenvalue weighted by Crippen LogP contribution is 2.72.